The number of methoxy groups -OCH3 is 1. The number of nitrogens with zero attached hydrogens (tertiary/aromatic N) is 1. The van der Waals surface area contributed by atoms with Crippen LogP contribution in [0.2, 0.25) is 0 Å². The number of nitrogens with one attached hydrogen (secondary N) is 1. The van der Waals surface area contributed by atoms with Gasteiger partial charge in [0, 0.05) is 16.8 Å². The summed E-state index contributed by atoms with van der Waals surface area (Å²) in [5.74, 6) is 0.886. The number of benzene rings is 1. The van der Waals surface area contributed by atoms with Gasteiger partial charge < -0.3 is 4.74 Å². The largest absolute Gasteiger partial charge is 0.496 e. The molecule has 0 aliphatic heterocycles. The summed E-state index contributed by atoms with van der Waals surface area (Å²) in [6.45, 7) is 2.11. The SMILES string of the molecule is CCc1[nH]nc(I)c1-c1ccccc1OC. The quantitative estimate of drug-likeness (QED) is 0.879. The number of para-hydroxylation sites is 1. The van der Waals surface area contributed by atoms with Gasteiger partial charge in [-0.1, -0.05) is 25.1 Å². The standard InChI is InChI=1S/C12H13IN2O/c1-3-9-11(12(13)15-14-9)8-6-4-5-7-10(8)16-2/h4-7H,3H2,1-2H3,(H,14,15). The minimum Gasteiger partial charge on any atom is -0.496 e. The monoisotopic (exact) mass is 328 g/mol. The van der Waals surface area contributed by atoms with Crippen LogP contribution in [0.15, 0.2) is 24.3 Å². The first-order chi connectivity index (χ1) is 7.77. The average Bonchev–Trinajstić information content (AvgIpc) is 2.70. The lowest BCUT2D eigenvalue weighted by Crippen LogP contribution is -1.91. The average molecular weight is 328 g/mol. The van der Waals surface area contributed by atoms with E-state index in [1.54, 1.807) is 7.11 Å². The van der Waals surface area contributed by atoms with Crippen LogP contribution in [0.4, 0.5) is 0 Å². The van der Waals surface area contributed by atoms with E-state index >= 15 is 0 Å². The summed E-state index contributed by atoms with van der Waals surface area (Å²) in [4.78, 5) is 0. The summed E-state index contributed by atoms with van der Waals surface area (Å²) in [6.07, 6.45) is 0.934. The fraction of sp³-hybridized carbons (Fsp3) is 0.250. The van der Waals surface area contributed by atoms with Gasteiger partial charge in [0.05, 0.1) is 7.11 Å². The molecule has 2 aromatic rings. The van der Waals surface area contributed by atoms with Crippen molar-refractivity contribution in [1.29, 1.82) is 0 Å². The lowest BCUT2D eigenvalue weighted by molar-refractivity contribution is 0.416. The number of halogens is 1. The maximum atomic E-state index is 5.38. The number of ether oxygens (including phenoxy) is 1. The predicted molar refractivity (Wildman–Crippen MR) is 72.7 cm³/mol. The normalized spacial score (nSPS) is 10.4. The summed E-state index contributed by atoms with van der Waals surface area (Å²) >= 11 is 2.24. The second kappa shape index (κ2) is 4.86. The molecule has 0 spiro atoms. The zero-order valence-corrected chi connectivity index (χ0v) is 11.4. The zero-order valence-electron chi connectivity index (χ0n) is 9.25. The van der Waals surface area contributed by atoms with Crippen LogP contribution in [-0.4, -0.2) is 17.3 Å². The van der Waals surface area contributed by atoms with Crippen molar-refractivity contribution in [3.63, 3.8) is 0 Å². The van der Waals surface area contributed by atoms with E-state index in [1.165, 1.54) is 0 Å². The van der Waals surface area contributed by atoms with E-state index in [-0.39, 0.29) is 0 Å². The van der Waals surface area contributed by atoms with Gasteiger partial charge in [0.15, 0.2) is 0 Å². The highest BCUT2D eigenvalue weighted by Gasteiger charge is 2.15. The number of H-pyrrole nitrogens is 1. The minimum absolute atomic E-state index is 0.886. The third kappa shape index (κ3) is 1.93. The molecule has 0 saturated heterocycles. The summed E-state index contributed by atoms with van der Waals surface area (Å²) in [7, 11) is 1.69. The van der Waals surface area contributed by atoms with E-state index < -0.39 is 0 Å². The molecule has 16 heavy (non-hydrogen) atoms. The lowest BCUT2D eigenvalue weighted by Gasteiger charge is -2.08. The molecule has 84 valence electrons. The van der Waals surface area contributed by atoms with E-state index in [2.05, 4.69) is 45.8 Å². The molecule has 0 saturated carbocycles. The summed E-state index contributed by atoms with van der Waals surface area (Å²) < 4.78 is 6.36. The third-order valence-electron chi connectivity index (χ3n) is 2.53. The van der Waals surface area contributed by atoms with Crippen LogP contribution in [0.3, 0.4) is 0 Å². The molecule has 1 aromatic heterocycles. The highest BCUT2D eigenvalue weighted by Crippen LogP contribution is 2.34. The minimum atomic E-state index is 0.886. The summed E-state index contributed by atoms with van der Waals surface area (Å²) in [5.41, 5.74) is 3.40. The molecular weight excluding hydrogens is 315 g/mol. The number of aryl methyl sites for hydroxylation is 1. The lowest BCUT2D eigenvalue weighted by atomic mass is 10.0. The van der Waals surface area contributed by atoms with Gasteiger partial charge in [-0.15, -0.1) is 0 Å². The van der Waals surface area contributed by atoms with E-state index in [1.807, 2.05) is 18.2 Å². The highest BCUT2D eigenvalue weighted by molar-refractivity contribution is 14.1. The van der Waals surface area contributed by atoms with E-state index in [0.29, 0.717) is 0 Å². The molecular formula is C12H13IN2O. The molecule has 3 nitrogen and oxygen atoms in total. The first-order valence-corrected chi connectivity index (χ1v) is 6.22. The Morgan fingerprint density at radius 1 is 1.38 bits per heavy atom. The van der Waals surface area contributed by atoms with Gasteiger partial charge in [-0.3, -0.25) is 5.10 Å². The third-order valence-corrected chi connectivity index (χ3v) is 3.31. The highest BCUT2D eigenvalue weighted by atomic mass is 127. The van der Waals surface area contributed by atoms with E-state index in [4.69, 9.17) is 4.74 Å². The zero-order chi connectivity index (χ0) is 11.5. The van der Waals surface area contributed by atoms with Gasteiger partial charge in [0.1, 0.15) is 9.45 Å². The van der Waals surface area contributed by atoms with Crippen LogP contribution >= 0.6 is 22.6 Å². The van der Waals surface area contributed by atoms with Crippen LogP contribution in [0, 0.1) is 3.70 Å². The Bertz CT molecular complexity index is 494. The van der Waals surface area contributed by atoms with Crippen LogP contribution in [0.1, 0.15) is 12.6 Å². The Balaban J connectivity index is 2.61. The molecule has 2 rings (SSSR count). The topological polar surface area (TPSA) is 37.9 Å². The summed E-state index contributed by atoms with van der Waals surface area (Å²) in [5, 5.41) is 7.31. The van der Waals surface area contributed by atoms with E-state index in [9.17, 15) is 0 Å². The molecule has 0 amide bonds. The van der Waals surface area contributed by atoms with Gasteiger partial charge in [0.2, 0.25) is 0 Å². The molecule has 4 heteroatoms. The first-order valence-electron chi connectivity index (χ1n) is 5.14. The number of aromatic amines is 1. The molecule has 0 bridgehead atoms. The van der Waals surface area contributed by atoms with Gasteiger partial charge in [-0.2, -0.15) is 5.10 Å². The Kier molecular flexibility index (Phi) is 3.48. The van der Waals surface area contributed by atoms with Crippen molar-refractivity contribution < 1.29 is 4.74 Å². The van der Waals surface area contributed by atoms with Crippen LogP contribution < -0.4 is 4.74 Å². The van der Waals surface area contributed by atoms with E-state index in [0.717, 1.165) is 32.7 Å². The number of hydrogen-bond acceptors (Lipinski definition) is 2. The Morgan fingerprint density at radius 2 is 2.12 bits per heavy atom. The molecule has 0 radical (unpaired) electrons. The van der Waals surface area contributed by atoms with Crippen LogP contribution in [0.5, 0.6) is 5.75 Å². The molecule has 1 N–H and O–H groups in total. The fourth-order valence-electron chi connectivity index (χ4n) is 1.73. The number of rotatable bonds is 3. The van der Waals surface area contributed by atoms with Gasteiger partial charge >= 0.3 is 0 Å². The van der Waals surface area contributed by atoms with Gasteiger partial charge in [0.25, 0.3) is 0 Å². The molecule has 1 aromatic carbocycles. The molecule has 0 aliphatic rings. The second-order valence-electron chi connectivity index (χ2n) is 3.42. The first kappa shape index (κ1) is 11.4. The second-order valence-corrected chi connectivity index (χ2v) is 4.44. The number of aromatic nitrogens is 2. The molecule has 1 heterocycles. The number of hydrogen-bond donors (Lipinski definition) is 1. The molecule has 0 aliphatic carbocycles. The van der Waals surface area contributed by atoms with Gasteiger partial charge in [-0.25, -0.2) is 0 Å². The van der Waals surface area contributed by atoms with Crippen molar-refractivity contribution in [3.05, 3.63) is 33.7 Å². The van der Waals surface area contributed by atoms with Crippen molar-refractivity contribution in [2.24, 2.45) is 0 Å². The van der Waals surface area contributed by atoms with Crippen molar-refractivity contribution in [1.82, 2.24) is 10.2 Å². The Hall–Kier alpha value is -1.04. The van der Waals surface area contributed by atoms with Crippen LogP contribution in [-0.2, 0) is 6.42 Å². The molecule has 0 unspecified atom stereocenters. The van der Waals surface area contributed by atoms with Gasteiger partial charge in [-0.05, 0) is 35.1 Å². The molecule has 0 fully saturated rings. The van der Waals surface area contributed by atoms with Crippen molar-refractivity contribution in [3.8, 4) is 16.9 Å². The fourth-order valence-corrected chi connectivity index (χ4v) is 2.47. The van der Waals surface area contributed by atoms with Crippen molar-refractivity contribution in [2.75, 3.05) is 7.11 Å². The Morgan fingerprint density at radius 3 is 2.81 bits per heavy atom. The Labute approximate surface area is 108 Å². The summed E-state index contributed by atoms with van der Waals surface area (Å²) in [6, 6.07) is 8.02. The van der Waals surface area contributed by atoms with Crippen molar-refractivity contribution in [2.45, 2.75) is 13.3 Å². The predicted octanol–water partition coefficient (Wildman–Crippen LogP) is 3.25. The smallest absolute Gasteiger partial charge is 0.131 e. The van der Waals surface area contributed by atoms with Crippen LogP contribution in [0.25, 0.3) is 11.1 Å². The maximum absolute atomic E-state index is 5.38. The molecule has 0 atom stereocenters. The van der Waals surface area contributed by atoms with Crippen molar-refractivity contribution >= 4 is 22.6 Å². The maximum Gasteiger partial charge on any atom is 0.131 e.